The maximum Gasteiger partial charge on any atom is 0.266 e. The Kier molecular flexibility index (Phi) is 7.91. The van der Waals surface area contributed by atoms with Gasteiger partial charge in [-0.2, -0.15) is 0 Å². The van der Waals surface area contributed by atoms with E-state index in [1.165, 1.54) is 17.0 Å². The van der Waals surface area contributed by atoms with Gasteiger partial charge in [-0.1, -0.05) is 54.6 Å². The quantitative estimate of drug-likeness (QED) is 0.233. The number of fused-ring (bicyclic) bond motifs is 2. The minimum absolute atomic E-state index is 0.0865. The lowest BCUT2D eigenvalue weighted by atomic mass is 9.97. The number of rotatable bonds is 9. The molecule has 4 aromatic carbocycles. The smallest absolute Gasteiger partial charge is 0.266 e. The van der Waals surface area contributed by atoms with E-state index < -0.39 is 39.6 Å². The molecule has 0 spiro atoms. The number of amides is 4. The summed E-state index contributed by atoms with van der Waals surface area (Å²) in [7, 11) is -4.27. The first-order valence-corrected chi connectivity index (χ1v) is 15.0. The van der Waals surface area contributed by atoms with E-state index in [0.717, 1.165) is 10.3 Å². The second-order valence-electron chi connectivity index (χ2n) is 9.90. The van der Waals surface area contributed by atoms with Gasteiger partial charge < -0.3 is 4.90 Å². The van der Waals surface area contributed by atoms with Gasteiger partial charge in [-0.05, 0) is 73.0 Å². The van der Waals surface area contributed by atoms with Crippen LogP contribution in [0.4, 0.5) is 5.69 Å². The number of hydrogen-bond donors (Lipinski definition) is 1. The molecule has 0 fully saturated rings. The highest BCUT2D eigenvalue weighted by atomic mass is 32.2. The van der Waals surface area contributed by atoms with Crippen molar-refractivity contribution in [1.82, 2.24) is 9.62 Å². The van der Waals surface area contributed by atoms with Crippen LogP contribution in [0.2, 0.25) is 0 Å². The molecular weight excluding hydrogens is 554 g/mol. The van der Waals surface area contributed by atoms with Crippen molar-refractivity contribution in [2.24, 2.45) is 5.92 Å². The second-order valence-corrected chi connectivity index (χ2v) is 11.6. The Hall–Kier alpha value is -4.83. The van der Waals surface area contributed by atoms with Crippen molar-refractivity contribution < 1.29 is 27.6 Å². The minimum Gasteiger partial charge on any atom is -0.343 e. The second kappa shape index (κ2) is 11.6. The van der Waals surface area contributed by atoms with Crippen LogP contribution in [0.25, 0.3) is 10.8 Å². The standard InChI is InChI=1S/C32H29N3O6S/c1-3-34(4-2)30(37)28(29(36)33-42(40,41)25-18-15-22-9-5-6-10-23(22)20-25)19-21-13-16-24(17-14-21)35-31(38)26-11-7-8-12-27(26)32(35)39/h5-18,20,28H,3-4,19H2,1-2H3,(H,33,36). The summed E-state index contributed by atoms with van der Waals surface area (Å²) in [6, 6.07) is 24.7. The molecule has 1 N–H and O–H groups in total. The summed E-state index contributed by atoms with van der Waals surface area (Å²) in [5.41, 5.74) is 1.54. The van der Waals surface area contributed by atoms with Crippen molar-refractivity contribution in [1.29, 1.82) is 0 Å². The Morgan fingerprint density at radius 1 is 0.786 bits per heavy atom. The zero-order chi connectivity index (χ0) is 30.0. The first kappa shape index (κ1) is 28.7. The van der Waals surface area contributed by atoms with E-state index in [2.05, 4.69) is 4.72 Å². The molecule has 1 unspecified atom stereocenters. The van der Waals surface area contributed by atoms with E-state index in [4.69, 9.17) is 0 Å². The van der Waals surface area contributed by atoms with Gasteiger partial charge >= 0.3 is 0 Å². The molecule has 10 heteroatoms. The molecule has 0 aliphatic carbocycles. The summed E-state index contributed by atoms with van der Waals surface area (Å²) >= 11 is 0. The maximum atomic E-state index is 13.4. The fraction of sp³-hybridized carbons (Fsp3) is 0.188. The molecule has 1 aliphatic heterocycles. The number of sulfonamides is 1. The van der Waals surface area contributed by atoms with Crippen LogP contribution in [0.5, 0.6) is 0 Å². The normalized spacial score (nSPS) is 13.6. The molecule has 9 nitrogen and oxygen atoms in total. The lowest BCUT2D eigenvalue weighted by Gasteiger charge is -2.25. The first-order chi connectivity index (χ1) is 20.1. The molecule has 1 aliphatic rings. The SMILES string of the molecule is CCN(CC)C(=O)C(Cc1ccc(N2C(=O)c3ccccc3C2=O)cc1)C(=O)NS(=O)(=O)c1ccc2ccccc2c1. The van der Waals surface area contributed by atoms with Gasteiger partial charge in [0.2, 0.25) is 11.8 Å². The largest absolute Gasteiger partial charge is 0.343 e. The Balaban J connectivity index is 1.39. The van der Waals surface area contributed by atoms with Gasteiger partial charge in [-0.25, -0.2) is 18.0 Å². The number of hydrogen-bond acceptors (Lipinski definition) is 6. The molecule has 42 heavy (non-hydrogen) atoms. The molecule has 0 bridgehead atoms. The van der Waals surface area contributed by atoms with Crippen molar-refractivity contribution in [3.8, 4) is 0 Å². The lowest BCUT2D eigenvalue weighted by molar-refractivity contribution is -0.141. The molecule has 0 saturated heterocycles. The third-order valence-electron chi connectivity index (χ3n) is 7.38. The zero-order valence-electron chi connectivity index (χ0n) is 23.1. The fourth-order valence-electron chi connectivity index (χ4n) is 5.09. The molecular formula is C32H29N3O6S. The van der Waals surface area contributed by atoms with E-state index in [-0.39, 0.29) is 11.3 Å². The van der Waals surface area contributed by atoms with Crippen LogP contribution >= 0.6 is 0 Å². The van der Waals surface area contributed by atoms with E-state index in [1.807, 2.05) is 12.1 Å². The van der Waals surface area contributed by atoms with Crippen molar-refractivity contribution in [2.45, 2.75) is 25.2 Å². The van der Waals surface area contributed by atoms with Crippen LogP contribution in [0.1, 0.15) is 40.1 Å². The number of benzene rings is 4. The Labute approximate surface area is 243 Å². The molecule has 1 heterocycles. The fourth-order valence-corrected chi connectivity index (χ4v) is 6.14. The first-order valence-electron chi connectivity index (χ1n) is 13.6. The van der Waals surface area contributed by atoms with Gasteiger partial charge in [0.25, 0.3) is 21.8 Å². The van der Waals surface area contributed by atoms with Crippen LogP contribution in [-0.4, -0.2) is 50.0 Å². The third-order valence-corrected chi connectivity index (χ3v) is 8.73. The molecule has 214 valence electrons. The van der Waals surface area contributed by atoms with Crippen LogP contribution in [0.15, 0.2) is 95.9 Å². The van der Waals surface area contributed by atoms with Crippen LogP contribution < -0.4 is 9.62 Å². The van der Waals surface area contributed by atoms with Gasteiger partial charge in [0.15, 0.2) is 0 Å². The average molecular weight is 584 g/mol. The topological polar surface area (TPSA) is 121 Å². The van der Waals surface area contributed by atoms with E-state index >= 15 is 0 Å². The molecule has 1 atom stereocenters. The van der Waals surface area contributed by atoms with Gasteiger partial charge in [0.1, 0.15) is 5.92 Å². The summed E-state index contributed by atoms with van der Waals surface area (Å²) in [6.45, 7) is 4.24. The number of imide groups is 1. The number of carbonyl (C=O) groups is 4. The molecule has 4 amide bonds. The minimum atomic E-state index is -4.27. The third kappa shape index (κ3) is 5.40. The summed E-state index contributed by atoms with van der Waals surface area (Å²) in [5, 5.41) is 1.55. The number of carbonyl (C=O) groups excluding carboxylic acids is 4. The maximum absolute atomic E-state index is 13.4. The highest BCUT2D eigenvalue weighted by molar-refractivity contribution is 7.90. The van der Waals surface area contributed by atoms with Gasteiger partial charge in [0, 0.05) is 13.1 Å². The number of nitrogens with one attached hydrogen (secondary N) is 1. The Morgan fingerprint density at radius 3 is 1.95 bits per heavy atom. The van der Waals surface area contributed by atoms with Gasteiger partial charge in [-0.15, -0.1) is 0 Å². The van der Waals surface area contributed by atoms with Crippen molar-refractivity contribution in [3.63, 3.8) is 0 Å². The molecule has 4 aromatic rings. The summed E-state index contributed by atoms with van der Waals surface area (Å²) in [5.74, 6) is -3.64. The average Bonchev–Trinajstić information content (AvgIpc) is 3.25. The predicted molar refractivity (Wildman–Crippen MR) is 158 cm³/mol. The van der Waals surface area contributed by atoms with Crippen molar-refractivity contribution in [3.05, 3.63) is 108 Å². The van der Waals surface area contributed by atoms with Crippen LogP contribution in [0, 0.1) is 5.92 Å². The summed E-state index contributed by atoms with van der Waals surface area (Å²) in [4.78, 5) is 55.0. The number of nitrogens with zero attached hydrogens (tertiary/aromatic N) is 2. The van der Waals surface area contributed by atoms with Gasteiger partial charge in [0.05, 0.1) is 21.7 Å². The molecule has 5 rings (SSSR count). The monoisotopic (exact) mass is 583 g/mol. The van der Waals surface area contributed by atoms with E-state index in [0.29, 0.717) is 40.9 Å². The zero-order valence-corrected chi connectivity index (χ0v) is 23.9. The highest BCUT2D eigenvalue weighted by Crippen LogP contribution is 2.29. The van der Waals surface area contributed by atoms with Crippen molar-refractivity contribution in [2.75, 3.05) is 18.0 Å². The van der Waals surface area contributed by atoms with Crippen LogP contribution in [-0.2, 0) is 26.0 Å². The molecule has 0 radical (unpaired) electrons. The summed E-state index contributed by atoms with van der Waals surface area (Å²) < 4.78 is 28.5. The molecule has 0 aromatic heterocycles. The molecule has 0 saturated carbocycles. The predicted octanol–water partition coefficient (Wildman–Crippen LogP) is 4.17. The summed E-state index contributed by atoms with van der Waals surface area (Å²) in [6.07, 6.45) is -0.0865. The Bertz CT molecular complexity index is 1780. The lowest BCUT2D eigenvalue weighted by Crippen LogP contribution is -2.46. The van der Waals surface area contributed by atoms with Gasteiger partial charge in [-0.3, -0.25) is 19.2 Å². The van der Waals surface area contributed by atoms with Crippen molar-refractivity contribution >= 4 is 50.1 Å². The number of anilines is 1. The van der Waals surface area contributed by atoms with Crippen LogP contribution in [0.3, 0.4) is 0 Å². The van der Waals surface area contributed by atoms with E-state index in [1.54, 1.807) is 80.6 Å². The highest BCUT2D eigenvalue weighted by Gasteiger charge is 2.37. The Morgan fingerprint density at radius 2 is 1.36 bits per heavy atom. The van der Waals surface area contributed by atoms with E-state index in [9.17, 15) is 27.6 Å².